The zero-order valence-electron chi connectivity index (χ0n) is 17.7. The maximum absolute atomic E-state index is 12.2. The molecule has 0 radical (unpaired) electrons. The van der Waals surface area contributed by atoms with Gasteiger partial charge < -0.3 is 19.1 Å². The third kappa shape index (κ3) is 6.52. The molecule has 1 heterocycles. The van der Waals surface area contributed by atoms with Crippen LogP contribution in [0, 0.1) is 6.92 Å². The molecule has 0 spiro atoms. The zero-order valence-corrected chi connectivity index (χ0v) is 18.5. The first-order valence-electron chi connectivity index (χ1n) is 10.4. The molecule has 2 aromatic carbocycles. The zero-order chi connectivity index (χ0) is 22.2. The van der Waals surface area contributed by atoms with E-state index in [-0.39, 0.29) is 12.2 Å². The fraction of sp³-hybridized carbons (Fsp3) is 0.391. The summed E-state index contributed by atoms with van der Waals surface area (Å²) in [5, 5.41) is 3.13. The predicted octanol–water partition coefficient (Wildman–Crippen LogP) is 5.65. The van der Waals surface area contributed by atoms with E-state index < -0.39 is 6.09 Å². The number of benzene rings is 2. The lowest BCUT2D eigenvalue weighted by Gasteiger charge is -2.19. The predicted molar refractivity (Wildman–Crippen MR) is 119 cm³/mol. The van der Waals surface area contributed by atoms with Gasteiger partial charge in [-0.15, -0.1) is 0 Å². The standard InChI is InChI=1S/C23H27ClN2O5/c1-3-4-12-29-23(28)26-11-10-19(15-26)30-21-14-17(13-20(24)16(21)2)25-22(27)31-18-8-6-5-7-9-18/h5-9,13-14,19H,3-4,10-12,15H2,1-2H3,(H,25,27). The van der Waals surface area contributed by atoms with Crippen LogP contribution in [0.1, 0.15) is 31.7 Å². The van der Waals surface area contributed by atoms with Crippen LogP contribution in [-0.2, 0) is 4.74 Å². The Balaban J connectivity index is 1.59. The summed E-state index contributed by atoms with van der Waals surface area (Å²) in [4.78, 5) is 26.0. The summed E-state index contributed by atoms with van der Waals surface area (Å²) in [6, 6.07) is 12.1. The fourth-order valence-electron chi connectivity index (χ4n) is 3.15. The lowest BCUT2D eigenvalue weighted by atomic mass is 10.2. The first-order valence-corrected chi connectivity index (χ1v) is 10.8. The number of carbonyl (C=O) groups excluding carboxylic acids is 2. The molecule has 0 aromatic heterocycles. The van der Waals surface area contributed by atoms with Crippen LogP contribution in [-0.4, -0.2) is 42.9 Å². The molecule has 1 N–H and O–H groups in total. The van der Waals surface area contributed by atoms with E-state index in [0.29, 0.717) is 48.3 Å². The van der Waals surface area contributed by atoms with Gasteiger partial charge in [0.2, 0.25) is 0 Å². The molecule has 2 aromatic rings. The number of ether oxygens (including phenoxy) is 3. The highest BCUT2D eigenvalue weighted by Crippen LogP contribution is 2.32. The number of halogens is 1. The van der Waals surface area contributed by atoms with Gasteiger partial charge in [-0.1, -0.05) is 43.1 Å². The van der Waals surface area contributed by atoms with Gasteiger partial charge in [0.15, 0.2) is 0 Å². The molecule has 1 fully saturated rings. The second-order valence-electron chi connectivity index (χ2n) is 7.35. The average Bonchev–Trinajstić information content (AvgIpc) is 3.21. The molecule has 0 aliphatic carbocycles. The van der Waals surface area contributed by atoms with E-state index in [1.54, 1.807) is 41.3 Å². The van der Waals surface area contributed by atoms with Gasteiger partial charge in [-0.05, 0) is 31.5 Å². The summed E-state index contributed by atoms with van der Waals surface area (Å²) in [7, 11) is 0. The van der Waals surface area contributed by atoms with Crippen LogP contribution >= 0.6 is 11.6 Å². The van der Waals surface area contributed by atoms with Gasteiger partial charge in [0.1, 0.15) is 17.6 Å². The fourth-order valence-corrected chi connectivity index (χ4v) is 3.36. The number of nitrogens with zero attached hydrogens (tertiary/aromatic N) is 1. The van der Waals surface area contributed by atoms with Crippen molar-refractivity contribution in [2.45, 2.75) is 39.2 Å². The third-order valence-electron chi connectivity index (χ3n) is 4.92. The summed E-state index contributed by atoms with van der Waals surface area (Å²) >= 11 is 6.34. The SMILES string of the molecule is CCCCOC(=O)N1CCC(Oc2cc(NC(=O)Oc3ccccc3)cc(Cl)c2C)C1. The van der Waals surface area contributed by atoms with Crippen molar-refractivity contribution in [1.29, 1.82) is 0 Å². The van der Waals surface area contributed by atoms with E-state index in [1.807, 2.05) is 19.9 Å². The summed E-state index contributed by atoms with van der Waals surface area (Å²) in [5.74, 6) is 0.986. The lowest BCUT2D eigenvalue weighted by Crippen LogP contribution is -2.31. The number of rotatable bonds is 7. The number of amides is 2. The molecule has 166 valence electrons. The highest BCUT2D eigenvalue weighted by molar-refractivity contribution is 6.31. The van der Waals surface area contributed by atoms with Crippen LogP contribution < -0.4 is 14.8 Å². The molecular weight excluding hydrogens is 420 g/mol. The van der Waals surface area contributed by atoms with Gasteiger partial charge in [-0.3, -0.25) is 5.32 Å². The number of hydrogen-bond donors (Lipinski definition) is 1. The van der Waals surface area contributed by atoms with Gasteiger partial charge in [-0.2, -0.15) is 0 Å². The smallest absolute Gasteiger partial charge is 0.417 e. The Morgan fingerprint density at radius 1 is 1.23 bits per heavy atom. The van der Waals surface area contributed by atoms with Crippen LogP contribution in [0.2, 0.25) is 5.02 Å². The molecule has 1 saturated heterocycles. The monoisotopic (exact) mass is 446 g/mol. The number of unbranched alkanes of at least 4 members (excludes halogenated alkanes) is 1. The van der Waals surface area contributed by atoms with E-state index in [0.717, 1.165) is 18.4 Å². The van der Waals surface area contributed by atoms with Crippen LogP contribution in [0.15, 0.2) is 42.5 Å². The number of para-hydroxylation sites is 1. The van der Waals surface area contributed by atoms with Gasteiger partial charge in [-0.25, -0.2) is 9.59 Å². The minimum Gasteiger partial charge on any atom is -0.488 e. The Morgan fingerprint density at radius 2 is 2.00 bits per heavy atom. The van der Waals surface area contributed by atoms with E-state index in [1.165, 1.54) is 0 Å². The first kappa shape index (κ1) is 22.7. The normalized spacial score (nSPS) is 15.5. The third-order valence-corrected chi connectivity index (χ3v) is 5.31. The van der Waals surface area contributed by atoms with Crippen molar-refractivity contribution in [3.8, 4) is 11.5 Å². The number of anilines is 1. The van der Waals surface area contributed by atoms with Crippen molar-refractivity contribution in [2.24, 2.45) is 0 Å². The molecule has 0 bridgehead atoms. The lowest BCUT2D eigenvalue weighted by molar-refractivity contribution is 0.104. The van der Waals surface area contributed by atoms with Crippen LogP contribution in [0.5, 0.6) is 11.5 Å². The molecule has 3 rings (SSSR count). The largest absolute Gasteiger partial charge is 0.488 e. The Labute approximate surface area is 187 Å². The van der Waals surface area contributed by atoms with Crippen LogP contribution in [0.25, 0.3) is 0 Å². The van der Waals surface area contributed by atoms with Gasteiger partial charge in [0.25, 0.3) is 0 Å². The number of likely N-dealkylation sites (tertiary alicyclic amines) is 1. The molecule has 1 aliphatic heterocycles. The molecule has 8 heteroatoms. The van der Waals surface area contributed by atoms with Gasteiger partial charge >= 0.3 is 12.2 Å². The maximum Gasteiger partial charge on any atom is 0.417 e. The maximum atomic E-state index is 12.2. The van der Waals surface area contributed by atoms with E-state index >= 15 is 0 Å². The molecule has 31 heavy (non-hydrogen) atoms. The van der Waals surface area contributed by atoms with Gasteiger partial charge in [0, 0.05) is 35.3 Å². The number of hydrogen-bond acceptors (Lipinski definition) is 5. The summed E-state index contributed by atoms with van der Waals surface area (Å²) < 4.78 is 16.6. The van der Waals surface area contributed by atoms with Crippen LogP contribution in [0.3, 0.4) is 0 Å². The quantitative estimate of drug-likeness (QED) is 0.556. The number of carbonyl (C=O) groups is 2. The molecule has 2 amide bonds. The molecule has 1 aliphatic rings. The van der Waals surface area contributed by atoms with Crippen molar-refractivity contribution >= 4 is 29.5 Å². The Morgan fingerprint density at radius 3 is 2.74 bits per heavy atom. The van der Waals surface area contributed by atoms with E-state index in [4.69, 9.17) is 25.8 Å². The van der Waals surface area contributed by atoms with Crippen molar-refractivity contribution in [2.75, 3.05) is 25.0 Å². The molecular formula is C23H27ClN2O5. The number of nitrogens with one attached hydrogen (secondary N) is 1. The first-order chi connectivity index (χ1) is 15.0. The highest BCUT2D eigenvalue weighted by atomic mass is 35.5. The molecule has 7 nitrogen and oxygen atoms in total. The topological polar surface area (TPSA) is 77.1 Å². The van der Waals surface area contributed by atoms with E-state index in [2.05, 4.69) is 5.32 Å². The average molecular weight is 447 g/mol. The van der Waals surface area contributed by atoms with Crippen molar-refractivity contribution < 1.29 is 23.8 Å². The van der Waals surface area contributed by atoms with Crippen molar-refractivity contribution in [3.05, 3.63) is 53.1 Å². The van der Waals surface area contributed by atoms with Crippen molar-refractivity contribution in [3.63, 3.8) is 0 Å². The van der Waals surface area contributed by atoms with Gasteiger partial charge in [0.05, 0.1) is 13.2 Å². The van der Waals surface area contributed by atoms with Crippen molar-refractivity contribution in [1.82, 2.24) is 4.90 Å². The minimum absolute atomic E-state index is 0.181. The van der Waals surface area contributed by atoms with Crippen LogP contribution in [0.4, 0.5) is 15.3 Å². The summed E-state index contributed by atoms with van der Waals surface area (Å²) in [6.45, 7) is 5.33. The summed E-state index contributed by atoms with van der Waals surface area (Å²) in [5.41, 5.74) is 1.22. The summed E-state index contributed by atoms with van der Waals surface area (Å²) in [6.07, 6.45) is 1.40. The molecule has 0 saturated carbocycles. The molecule has 1 unspecified atom stereocenters. The second-order valence-corrected chi connectivity index (χ2v) is 7.76. The molecule has 1 atom stereocenters. The second kappa shape index (κ2) is 10.9. The Hall–Kier alpha value is -2.93. The Bertz CT molecular complexity index is 906. The highest BCUT2D eigenvalue weighted by Gasteiger charge is 2.29. The van der Waals surface area contributed by atoms with E-state index in [9.17, 15) is 9.59 Å². The Kier molecular flexibility index (Phi) is 8.00. The minimum atomic E-state index is -0.626.